The van der Waals surface area contributed by atoms with E-state index < -0.39 is 11.1 Å². The molecule has 0 bridgehead atoms. The maximum atomic E-state index is 13.6. The van der Waals surface area contributed by atoms with E-state index in [2.05, 4.69) is 18.3 Å². The third kappa shape index (κ3) is 2.59. The quantitative estimate of drug-likeness (QED) is 0.594. The maximum Gasteiger partial charge on any atom is 0.258 e. The molecule has 0 spiro atoms. The van der Waals surface area contributed by atoms with E-state index in [9.17, 15) is 9.18 Å². The van der Waals surface area contributed by atoms with Crippen LogP contribution in [0.3, 0.4) is 0 Å². The summed E-state index contributed by atoms with van der Waals surface area (Å²) in [7, 11) is 0. The molecule has 96 valence electrons. The van der Waals surface area contributed by atoms with Gasteiger partial charge in [0.05, 0.1) is 0 Å². The van der Waals surface area contributed by atoms with Crippen LogP contribution in [0, 0.1) is 6.92 Å². The Kier molecular flexibility index (Phi) is 4.62. The van der Waals surface area contributed by atoms with Gasteiger partial charge in [0, 0.05) is 5.57 Å². The Morgan fingerprint density at radius 1 is 1.61 bits per heavy atom. The summed E-state index contributed by atoms with van der Waals surface area (Å²) in [5.74, 6) is -0.470. The molecule has 0 aliphatic heterocycles. The third-order valence-corrected chi connectivity index (χ3v) is 2.70. The summed E-state index contributed by atoms with van der Waals surface area (Å²) in [5.41, 5.74) is 0.804. The van der Waals surface area contributed by atoms with Crippen molar-refractivity contribution in [2.75, 3.05) is 0 Å². The molecule has 0 radical (unpaired) electrons. The smallest absolute Gasteiger partial charge is 0.258 e. The summed E-state index contributed by atoms with van der Waals surface area (Å²) in [6.45, 7) is 10.2. The lowest BCUT2D eigenvalue weighted by Gasteiger charge is -2.07. The van der Waals surface area contributed by atoms with Crippen LogP contribution in [0.25, 0.3) is 5.57 Å². The first kappa shape index (κ1) is 14.4. The molecular formula is C13H13ClFNO2. The molecule has 0 aliphatic carbocycles. The van der Waals surface area contributed by atoms with Gasteiger partial charge in [-0.3, -0.25) is 4.79 Å². The first-order valence-corrected chi connectivity index (χ1v) is 5.68. The molecule has 0 aliphatic rings. The lowest BCUT2D eigenvalue weighted by molar-refractivity contribution is 0.108. The fourth-order valence-electron chi connectivity index (χ4n) is 1.65. The molecule has 0 unspecified atom stereocenters. The van der Waals surface area contributed by atoms with Crippen LogP contribution in [0.1, 0.15) is 35.2 Å². The molecule has 18 heavy (non-hydrogen) atoms. The van der Waals surface area contributed by atoms with E-state index >= 15 is 0 Å². The standard InChI is InChI=1S/C13H13ClFNO2/c1-5-9(6-2)10(7(3)15)12-11(13(14)17)8(4)18-16-12/h5H,1,3,6H2,2,4H3/b10-9-. The normalized spacial score (nSPS) is 12.0. The van der Waals surface area contributed by atoms with Gasteiger partial charge in [0.15, 0.2) is 0 Å². The fraction of sp³-hybridized carbons (Fsp3) is 0.231. The first-order valence-electron chi connectivity index (χ1n) is 5.30. The number of carbonyl (C=O) groups is 1. The largest absolute Gasteiger partial charge is 0.360 e. The van der Waals surface area contributed by atoms with E-state index in [-0.39, 0.29) is 22.6 Å². The summed E-state index contributed by atoms with van der Waals surface area (Å²) in [6.07, 6.45) is 2.01. The van der Waals surface area contributed by atoms with Crippen molar-refractivity contribution >= 4 is 22.4 Å². The highest BCUT2D eigenvalue weighted by Gasteiger charge is 2.24. The van der Waals surface area contributed by atoms with Crippen molar-refractivity contribution in [2.45, 2.75) is 20.3 Å². The van der Waals surface area contributed by atoms with Gasteiger partial charge in [-0.15, -0.1) is 0 Å². The SMILES string of the molecule is C=C/C(CC)=C(\C(=C)F)c1noc(C)c1C(=O)Cl. The number of allylic oxidation sites excluding steroid dienone is 4. The van der Waals surface area contributed by atoms with E-state index in [0.29, 0.717) is 12.0 Å². The van der Waals surface area contributed by atoms with Gasteiger partial charge in [-0.2, -0.15) is 0 Å². The molecule has 0 amide bonds. The second kappa shape index (κ2) is 5.78. The number of halogens is 2. The van der Waals surface area contributed by atoms with Gasteiger partial charge in [-0.25, -0.2) is 4.39 Å². The van der Waals surface area contributed by atoms with Gasteiger partial charge in [0.1, 0.15) is 22.8 Å². The minimum Gasteiger partial charge on any atom is -0.360 e. The topological polar surface area (TPSA) is 43.1 Å². The second-order valence-electron chi connectivity index (χ2n) is 3.60. The molecule has 3 nitrogen and oxygen atoms in total. The molecule has 1 aromatic rings. The van der Waals surface area contributed by atoms with Crippen molar-refractivity contribution in [1.82, 2.24) is 5.16 Å². The van der Waals surface area contributed by atoms with Crippen LogP contribution < -0.4 is 0 Å². The van der Waals surface area contributed by atoms with E-state index in [1.54, 1.807) is 0 Å². The number of hydrogen-bond donors (Lipinski definition) is 0. The summed E-state index contributed by atoms with van der Waals surface area (Å²) < 4.78 is 18.5. The minimum absolute atomic E-state index is 0.0540. The van der Waals surface area contributed by atoms with Gasteiger partial charge in [0.2, 0.25) is 0 Å². The molecule has 0 saturated heterocycles. The van der Waals surface area contributed by atoms with Crippen molar-refractivity contribution in [3.63, 3.8) is 0 Å². The van der Waals surface area contributed by atoms with E-state index in [4.69, 9.17) is 16.1 Å². The molecular weight excluding hydrogens is 257 g/mol. The lowest BCUT2D eigenvalue weighted by atomic mass is 9.99. The van der Waals surface area contributed by atoms with Gasteiger partial charge in [0.25, 0.3) is 5.24 Å². The van der Waals surface area contributed by atoms with E-state index in [1.807, 2.05) is 6.92 Å². The summed E-state index contributed by atoms with van der Waals surface area (Å²) in [4.78, 5) is 11.3. The van der Waals surface area contributed by atoms with Crippen molar-refractivity contribution in [3.8, 4) is 0 Å². The monoisotopic (exact) mass is 269 g/mol. The maximum absolute atomic E-state index is 13.6. The molecule has 5 heteroatoms. The van der Waals surface area contributed by atoms with Crippen molar-refractivity contribution in [1.29, 1.82) is 0 Å². The Morgan fingerprint density at radius 2 is 2.22 bits per heavy atom. The number of rotatable bonds is 5. The van der Waals surface area contributed by atoms with Gasteiger partial charge in [-0.1, -0.05) is 31.3 Å². The summed E-state index contributed by atoms with van der Waals surface area (Å²) in [5, 5.41) is 2.94. The lowest BCUT2D eigenvalue weighted by Crippen LogP contribution is -1.99. The van der Waals surface area contributed by atoms with Gasteiger partial charge in [-0.05, 0) is 30.5 Å². The van der Waals surface area contributed by atoms with Crippen LogP contribution in [0.5, 0.6) is 0 Å². The Morgan fingerprint density at radius 3 is 2.61 bits per heavy atom. The summed E-state index contributed by atoms with van der Waals surface area (Å²) >= 11 is 5.46. The van der Waals surface area contributed by atoms with Crippen molar-refractivity contribution in [2.24, 2.45) is 0 Å². The fourth-order valence-corrected chi connectivity index (χ4v) is 1.87. The Balaban J connectivity index is 3.60. The van der Waals surface area contributed by atoms with Gasteiger partial charge < -0.3 is 4.52 Å². The van der Waals surface area contributed by atoms with E-state index in [0.717, 1.165) is 0 Å². The zero-order valence-corrected chi connectivity index (χ0v) is 11.0. The highest BCUT2D eigenvalue weighted by atomic mass is 35.5. The van der Waals surface area contributed by atoms with Crippen LogP contribution in [0.15, 0.2) is 35.2 Å². The number of aromatic nitrogens is 1. The van der Waals surface area contributed by atoms with Crippen LogP contribution in [-0.4, -0.2) is 10.4 Å². The van der Waals surface area contributed by atoms with Crippen LogP contribution in [-0.2, 0) is 0 Å². The highest BCUT2D eigenvalue weighted by molar-refractivity contribution is 6.68. The second-order valence-corrected chi connectivity index (χ2v) is 3.94. The Bertz CT molecular complexity index is 543. The molecule has 0 N–H and O–H groups in total. The number of aryl methyl sites for hydroxylation is 1. The molecule has 0 fully saturated rings. The molecule has 1 heterocycles. The average molecular weight is 270 g/mol. The van der Waals surface area contributed by atoms with Crippen molar-refractivity contribution in [3.05, 3.63) is 47.7 Å². The summed E-state index contributed by atoms with van der Waals surface area (Å²) in [6, 6.07) is 0. The number of carbonyl (C=O) groups excluding carboxylic acids is 1. The van der Waals surface area contributed by atoms with Crippen molar-refractivity contribution < 1.29 is 13.7 Å². The number of hydrogen-bond acceptors (Lipinski definition) is 3. The molecule has 0 aromatic carbocycles. The molecule has 0 atom stereocenters. The first-order chi connectivity index (χ1) is 8.43. The van der Waals surface area contributed by atoms with Crippen LogP contribution >= 0.6 is 11.6 Å². The van der Waals surface area contributed by atoms with E-state index in [1.165, 1.54) is 13.0 Å². The zero-order valence-electron chi connectivity index (χ0n) is 10.2. The van der Waals surface area contributed by atoms with Gasteiger partial charge >= 0.3 is 0 Å². The minimum atomic E-state index is -0.748. The molecule has 1 aromatic heterocycles. The van der Waals surface area contributed by atoms with Crippen LogP contribution in [0.2, 0.25) is 0 Å². The van der Waals surface area contributed by atoms with Crippen LogP contribution in [0.4, 0.5) is 4.39 Å². The third-order valence-electron chi connectivity index (χ3n) is 2.52. The highest BCUT2D eigenvalue weighted by Crippen LogP contribution is 2.32. The molecule has 0 saturated carbocycles. The zero-order chi connectivity index (χ0) is 13.9. The molecule has 1 rings (SSSR count). The Labute approximate surface area is 110 Å². The predicted molar refractivity (Wildman–Crippen MR) is 69.1 cm³/mol. The Hall–Kier alpha value is -1.68. The predicted octanol–water partition coefficient (Wildman–Crippen LogP) is 4.19. The number of nitrogens with zero attached hydrogens (tertiary/aromatic N) is 1. The average Bonchev–Trinajstić information content (AvgIpc) is 2.66.